The quantitative estimate of drug-likeness (QED) is 0.688. The molecule has 0 amide bonds. The van der Waals surface area contributed by atoms with Crippen LogP contribution in [0.5, 0.6) is 17.2 Å². The molecule has 0 saturated carbocycles. The first-order valence-corrected chi connectivity index (χ1v) is 6.43. The zero-order valence-electron chi connectivity index (χ0n) is 12.6. The maximum atomic E-state index is 12.0. The van der Waals surface area contributed by atoms with Crippen LogP contribution in [0.4, 0.5) is 11.8 Å². The molecule has 2 aromatic rings. The fourth-order valence-electron chi connectivity index (χ4n) is 2.15. The fraction of sp³-hybridized carbons (Fsp3) is 0.286. The van der Waals surface area contributed by atoms with E-state index in [1.54, 1.807) is 12.1 Å². The highest BCUT2D eigenvalue weighted by Gasteiger charge is 2.15. The van der Waals surface area contributed by atoms with Crippen molar-refractivity contribution in [2.75, 3.05) is 32.8 Å². The molecule has 5 N–H and O–H groups in total. The van der Waals surface area contributed by atoms with Gasteiger partial charge in [-0.2, -0.15) is 4.98 Å². The zero-order valence-corrected chi connectivity index (χ0v) is 12.6. The van der Waals surface area contributed by atoms with E-state index < -0.39 is 0 Å². The van der Waals surface area contributed by atoms with Gasteiger partial charge in [-0.1, -0.05) is 0 Å². The average Bonchev–Trinajstić information content (AvgIpc) is 2.49. The Kier molecular flexibility index (Phi) is 4.40. The predicted molar refractivity (Wildman–Crippen MR) is 82.6 cm³/mol. The molecule has 0 atom stereocenters. The lowest BCUT2D eigenvalue weighted by atomic mass is 10.1. The smallest absolute Gasteiger partial charge is 0.257 e. The van der Waals surface area contributed by atoms with E-state index >= 15 is 0 Å². The number of anilines is 2. The van der Waals surface area contributed by atoms with E-state index in [0.29, 0.717) is 22.8 Å². The SMILES string of the molecule is [13CH3]Oc1cc(Cc2c(N)nc(N)[nH]c2=O)cc(O[13CH3])c1O[13CH3]. The van der Waals surface area contributed by atoms with Crippen LogP contribution in [0.3, 0.4) is 0 Å². The van der Waals surface area contributed by atoms with Gasteiger partial charge in [0.1, 0.15) is 5.82 Å². The summed E-state index contributed by atoms with van der Waals surface area (Å²) >= 11 is 0. The summed E-state index contributed by atoms with van der Waals surface area (Å²) in [5.41, 5.74) is 11.9. The van der Waals surface area contributed by atoms with Crippen molar-refractivity contribution in [3.63, 3.8) is 0 Å². The van der Waals surface area contributed by atoms with Crippen molar-refractivity contribution in [3.8, 4) is 17.2 Å². The summed E-state index contributed by atoms with van der Waals surface area (Å²) in [6, 6.07) is 3.49. The van der Waals surface area contributed by atoms with Crippen LogP contribution in [0.1, 0.15) is 11.1 Å². The fourth-order valence-corrected chi connectivity index (χ4v) is 2.15. The van der Waals surface area contributed by atoms with Crippen LogP contribution >= 0.6 is 0 Å². The van der Waals surface area contributed by atoms with Crippen LogP contribution in [0.15, 0.2) is 16.9 Å². The Bertz CT molecular complexity index is 717. The number of methoxy groups -OCH3 is 3. The number of hydrogen-bond acceptors (Lipinski definition) is 7. The molecule has 8 heteroatoms. The Hall–Kier alpha value is -2.90. The number of nitrogens with zero attached hydrogens (tertiary/aromatic N) is 1. The number of H-pyrrole nitrogens is 1. The van der Waals surface area contributed by atoms with E-state index in [2.05, 4.69) is 9.97 Å². The molecule has 1 aromatic carbocycles. The second kappa shape index (κ2) is 6.25. The summed E-state index contributed by atoms with van der Waals surface area (Å²) < 4.78 is 15.8. The van der Waals surface area contributed by atoms with Crippen LogP contribution in [-0.2, 0) is 6.42 Å². The van der Waals surface area contributed by atoms with Gasteiger partial charge in [0, 0.05) is 6.42 Å². The molecular formula is C14H18N4O4. The average molecular weight is 309 g/mol. The van der Waals surface area contributed by atoms with Crippen LogP contribution < -0.4 is 31.2 Å². The standard InChI is InChI=1S/C14H18N4O4/c1-20-9-5-7(6-10(21-2)11(9)22-3)4-8-12(15)17-14(16)18-13(8)19/h5-6H,4H2,1-3H3,(H5,15,16,17,18,19)/i1+1,2+1,3+1. The van der Waals surface area contributed by atoms with Gasteiger partial charge >= 0.3 is 0 Å². The van der Waals surface area contributed by atoms with E-state index in [4.69, 9.17) is 25.7 Å². The Balaban J connectivity index is 2.49. The van der Waals surface area contributed by atoms with Gasteiger partial charge in [-0.3, -0.25) is 9.78 Å². The molecule has 22 heavy (non-hydrogen) atoms. The van der Waals surface area contributed by atoms with Crippen molar-refractivity contribution in [1.29, 1.82) is 0 Å². The van der Waals surface area contributed by atoms with E-state index in [9.17, 15) is 4.79 Å². The highest BCUT2D eigenvalue weighted by Crippen LogP contribution is 2.38. The molecule has 1 aromatic heterocycles. The van der Waals surface area contributed by atoms with Crippen molar-refractivity contribution >= 4 is 11.8 Å². The third kappa shape index (κ3) is 2.90. The number of benzene rings is 1. The van der Waals surface area contributed by atoms with Gasteiger partial charge in [-0.15, -0.1) is 0 Å². The van der Waals surface area contributed by atoms with Crippen molar-refractivity contribution in [2.24, 2.45) is 0 Å². The van der Waals surface area contributed by atoms with E-state index in [1.165, 1.54) is 21.3 Å². The van der Waals surface area contributed by atoms with E-state index in [-0.39, 0.29) is 23.7 Å². The highest BCUT2D eigenvalue weighted by atomic mass is 16.6. The van der Waals surface area contributed by atoms with Crippen LogP contribution in [0.2, 0.25) is 0 Å². The number of aromatic nitrogens is 2. The number of nitrogen functional groups attached to an aromatic ring is 2. The van der Waals surface area contributed by atoms with Gasteiger partial charge in [0.15, 0.2) is 11.5 Å². The van der Waals surface area contributed by atoms with E-state index in [0.717, 1.165) is 5.56 Å². The van der Waals surface area contributed by atoms with Gasteiger partial charge in [0.25, 0.3) is 5.56 Å². The summed E-state index contributed by atoms with van der Waals surface area (Å²) in [7, 11) is 4.56. The highest BCUT2D eigenvalue weighted by molar-refractivity contribution is 5.55. The topological polar surface area (TPSA) is 125 Å². The van der Waals surface area contributed by atoms with Crippen molar-refractivity contribution in [2.45, 2.75) is 6.42 Å². The molecule has 0 unspecified atom stereocenters. The van der Waals surface area contributed by atoms with Crippen LogP contribution in [-0.4, -0.2) is 31.3 Å². The molecular weight excluding hydrogens is 291 g/mol. The molecule has 1 heterocycles. The van der Waals surface area contributed by atoms with Gasteiger partial charge in [0.2, 0.25) is 11.7 Å². The number of hydrogen-bond donors (Lipinski definition) is 3. The first-order chi connectivity index (χ1) is 10.5. The summed E-state index contributed by atoms with van der Waals surface area (Å²) in [4.78, 5) is 18.2. The zero-order chi connectivity index (χ0) is 16.3. The van der Waals surface area contributed by atoms with Crippen molar-refractivity contribution in [3.05, 3.63) is 33.6 Å². The van der Waals surface area contributed by atoms with Crippen molar-refractivity contribution < 1.29 is 14.2 Å². The largest absolute Gasteiger partial charge is 0.493 e. The van der Waals surface area contributed by atoms with Crippen LogP contribution in [0, 0.1) is 0 Å². The summed E-state index contributed by atoms with van der Waals surface area (Å²) in [5, 5.41) is 0. The minimum atomic E-state index is -0.376. The molecule has 2 rings (SSSR count). The molecule has 0 aliphatic heterocycles. The molecule has 0 fully saturated rings. The molecule has 0 bridgehead atoms. The summed E-state index contributed by atoms with van der Waals surface area (Å²) in [6.45, 7) is 0. The third-order valence-corrected chi connectivity index (χ3v) is 3.17. The van der Waals surface area contributed by atoms with Gasteiger partial charge < -0.3 is 25.7 Å². The lowest BCUT2D eigenvalue weighted by molar-refractivity contribution is 0.324. The second-order valence-electron chi connectivity index (χ2n) is 4.53. The third-order valence-electron chi connectivity index (χ3n) is 3.17. The number of ether oxygens (including phenoxy) is 3. The summed E-state index contributed by atoms with van der Waals surface area (Å²) in [6.07, 6.45) is 0.255. The number of aromatic amines is 1. The Morgan fingerprint density at radius 2 is 1.68 bits per heavy atom. The maximum Gasteiger partial charge on any atom is 0.257 e. The Morgan fingerprint density at radius 3 is 2.14 bits per heavy atom. The minimum Gasteiger partial charge on any atom is -0.493 e. The Labute approximate surface area is 127 Å². The van der Waals surface area contributed by atoms with Gasteiger partial charge in [-0.25, -0.2) is 0 Å². The molecule has 0 spiro atoms. The lowest BCUT2D eigenvalue weighted by Gasteiger charge is -2.14. The van der Waals surface area contributed by atoms with Crippen LogP contribution in [0.25, 0.3) is 0 Å². The number of nitrogens with two attached hydrogens (primary N) is 2. The molecule has 0 radical (unpaired) electrons. The summed E-state index contributed by atoms with van der Waals surface area (Å²) in [5.74, 6) is 1.54. The second-order valence-corrected chi connectivity index (χ2v) is 4.53. The minimum absolute atomic E-state index is 0.0175. The first kappa shape index (κ1) is 15.5. The van der Waals surface area contributed by atoms with E-state index in [1.807, 2.05) is 0 Å². The molecule has 0 aliphatic rings. The molecule has 0 saturated heterocycles. The number of rotatable bonds is 5. The number of nitrogens with one attached hydrogen (secondary N) is 1. The van der Waals surface area contributed by atoms with Gasteiger partial charge in [-0.05, 0) is 17.7 Å². The van der Waals surface area contributed by atoms with Gasteiger partial charge in [0.05, 0.1) is 26.9 Å². The van der Waals surface area contributed by atoms with Crippen molar-refractivity contribution in [1.82, 2.24) is 9.97 Å². The molecule has 118 valence electrons. The monoisotopic (exact) mass is 309 g/mol. The Morgan fingerprint density at radius 1 is 1.09 bits per heavy atom. The normalized spacial score (nSPS) is 10.3. The molecule has 0 aliphatic carbocycles. The first-order valence-electron chi connectivity index (χ1n) is 6.43. The maximum absolute atomic E-state index is 12.0. The molecule has 8 nitrogen and oxygen atoms in total. The lowest BCUT2D eigenvalue weighted by Crippen LogP contribution is -2.19. The predicted octanol–water partition coefficient (Wildman–Crippen LogP) is 0.551.